The number of rotatable bonds is 12. The van der Waals surface area contributed by atoms with E-state index in [-0.39, 0.29) is 17.2 Å². The quantitative estimate of drug-likeness (QED) is 0.0381. The van der Waals surface area contributed by atoms with Crippen molar-refractivity contribution in [2.24, 2.45) is 10.3 Å². The summed E-state index contributed by atoms with van der Waals surface area (Å²) >= 11 is 10.1. The van der Waals surface area contributed by atoms with Crippen LogP contribution in [-0.4, -0.2) is 88.5 Å². The van der Waals surface area contributed by atoms with Crippen molar-refractivity contribution < 1.29 is 41.3 Å². The van der Waals surface area contributed by atoms with Gasteiger partial charge in [0.05, 0.1) is 19.6 Å². The second-order valence-corrected chi connectivity index (χ2v) is 21.9. The van der Waals surface area contributed by atoms with Crippen LogP contribution in [0, 0.1) is 0 Å². The van der Waals surface area contributed by atoms with Crippen molar-refractivity contribution >= 4 is 90.6 Å². The van der Waals surface area contributed by atoms with E-state index in [0.717, 1.165) is 55.2 Å². The smallest absolute Gasteiger partial charge is 0.488 e. The number of aromatic hydroxyl groups is 2. The Labute approximate surface area is 486 Å². The molecule has 3 heterocycles. The Morgan fingerprint density at radius 3 is 1.06 bits per heavy atom. The summed E-state index contributed by atoms with van der Waals surface area (Å²) in [5.41, 5.74) is 9.34. The second kappa shape index (κ2) is 32.1. The first-order valence-corrected chi connectivity index (χ1v) is 29.4. The van der Waals surface area contributed by atoms with E-state index in [1.54, 1.807) is 75.8 Å². The number of aromatic nitrogens is 9. The van der Waals surface area contributed by atoms with Gasteiger partial charge in [-0.25, -0.2) is 34.1 Å². The fraction of sp³-hybridized carbons (Fsp3) is 0.0769. The molecule has 0 aliphatic carbocycles. The molecule has 0 spiro atoms. The van der Waals surface area contributed by atoms with Crippen LogP contribution >= 0.6 is 58.5 Å². The first-order chi connectivity index (χ1) is 37.7. The molecule has 0 saturated heterocycles. The molecule has 0 radical (unpaired) electrons. The van der Waals surface area contributed by atoms with Gasteiger partial charge >= 0.3 is 17.4 Å². The molecule has 20 nitrogen and oxygen atoms in total. The van der Waals surface area contributed by atoms with Gasteiger partial charge in [-0.05, 0) is 111 Å². The lowest BCUT2D eigenvalue weighted by molar-refractivity contribution is 0.425. The topological polar surface area (TPSA) is 303 Å². The number of nitrogens with zero attached hydrogens (tertiary/aromatic N) is 9. The number of benzene rings is 7. The molecule has 0 aliphatic rings. The number of phenolic OH excluding ortho intramolecular Hbond substituents is 2. The molecule has 0 amide bonds. The summed E-state index contributed by atoms with van der Waals surface area (Å²) in [6.07, 6.45) is 9.65. The van der Waals surface area contributed by atoms with Crippen LogP contribution in [-0.2, 0) is 44.5 Å². The van der Waals surface area contributed by atoms with Crippen molar-refractivity contribution in [1.82, 2.24) is 44.3 Å². The molecule has 0 aliphatic heterocycles. The normalized spacial score (nSPS) is 10.5. The third-order valence-corrected chi connectivity index (χ3v) is 12.2. The third kappa shape index (κ3) is 25.5. The number of halogens is 4. The maximum absolute atomic E-state index is 10.9. The SMILES string of the molecule is BrCc1ccc(Br)cc1.Brc1ccc(Cn2cncn2)cc1.NS(=O)(=O)Cl.NS(=O)(=O)Oc1ccc(-c2ccc(Cn3cncn3)cc2)cc1.OB(O)c1ccc(O)cc1.Oc1ccc(-c2ccc(Cn3cncn3)cc2)cc1. The summed E-state index contributed by atoms with van der Waals surface area (Å²) in [5.74, 6) is 0.579. The van der Waals surface area contributed by atoms with Crippen LogP contribution < -0.4 is 19.9 Å². The molecule has 7 aromatic carbocycles. The predicted octanol–water partition coefficient (Wildman–Crippen LogP) is 8.21. The molecular formula is C52H50BBr3ClN11O9S2. The molecule has 8 N–H and O–H groups in total. The minimum absolute atomic E-state index is 0.115. The molecule has 0 saturated carbocycles. The van der Waals surface area contributed by atoms with Crippen LogP contribution in [0.3, 0.4) is 0 Å². The van der Waals surface area contributed by atoms with Crippen LogP contribution in [0.2, 0.25) is 0 Å². The van der Waals surface area contributed by atoms with Gasteiger partial charge in [0.1, 0.15) is 55.2 Å². The highest BCUT2D eigenvalue weighted by atomic mass is 79.9. The van der Waals surface area contributed by atoms with Crippen LogP contribution in [0.25, 0.3) is 22.3 Å². The average Bonchev–Trinajstić information content (AvgIpc) is 4.25. The molecule has 0 atom stereocenters. The molecule has 10 aromatic rings. The van der Waals surface area contributed by atoms with Gasteiger partial charge in [-0.15, -0.1) is 0 Å². The van der Waals surface area contributed by atoms with Crippen LogP contribution in [0.4, 0.5) is 0 Å². The van der Waals surface area contributed by atoms with Gasteiger partial charge in [0.2, 0.25) is 0 Å². The molecule has 79 heavy (non-hydrogen) atoms. The summed E-state index contributed by atoms with van der Waals surface area (Å²) in [7, 11) is -4.87. The molecular weight excluding hydrogens is 1270 g/mol. The zero-order valence-electron chi connectivity index (χ0n) is 41.4. The lowest BCUT2D eigenvalue weighted by Crippen LogP contribution is -2.29. The van der Waals surface area contributed by atoms with E-state index in [0.29, 0.717) is 12.0 Å². The first-order valence-electron chi connectivity index (χ1n) is 22.9. The molecule has 27 heteroatoms. The van der Waals surface area contributed by atoms with Gasteiger partial charge in [0.25, 0.3) is 9.24 Å². The van der Waals surface area contributed by atoms with Gasteiger partial charge in [-0.2, -0.15) is 37.3 Å². The van der Waals surface area contributed by atoms with E-state index in [1.165, 1.54) is 53.6 Å². The van der Waals surface area contributed by atoms with E-state index in [9.17, 15) is 21.9 Å². The fourth-order valence-corrected chi connectivity index (χ4v) is 7.69. The first kappa shape index (κ1) is 62.7. The Balaban J connectivity index is 0.000000185. The van der Waals surface area contributed by atoms with Gasteiger partial charge in [-0.3, -0.25) is 0 Å². The van der Waals surface area contributed by atoms with Crippen molar-refractivity contribution in [2.45, 2.75) is 25.0 Å². The van der Waals surface area contributed by atoms with Crippen molar-refractivity contribution in [3.63, 3.8) is 0 Å². The largest absolute Gasteiger partial charge is 0.508 e. The lowest BCUT2D eigenvalue weighted by atomic mass is 9.80. The predicted molar refractivity (Wildman–Crippen MR) is 314 cm³/mol. The molecule has 10 rings (SSSR count). The lowest BCUT2D eigenvalue weighted by Gasteiger charge is -2.06. The summed E-state index contributed by atoms with van der Waals surface area (Å²) < 4.78 is 52.2. The molecule has 0 bridgehead atoms. The van der Waals surface area contributed by atoms with Crippen molar-refractivity contribution in [3.8, 4) is 39.5 Å². The van der Waals surface area contributed by atoms with Gasteiger partial charge in [0, 0.05) is 25.0 Å². The Kier molecular flexibility index (Phi) is 25.5. The fourth-order valence-electron chi connectivity index (χ4n) is 6.41. The molecule has 3 aromatic heterocycles. The average molecular weight is 1320 g/mol. The van der Waals surface area contributed by atoms with Crippen molar-refractivity contribution in [2.75, 3.05) is 0 Å². The van der Waals surface area contributed by atoms with E-state index in [1.807, 2.05) is 60.7 Å². The number of hydrogen-bond acceptors (Lipinski definition) is 15. The summed E-state index contributed by atoms with van der Waals surface area (Å²) in [6.45, 7) is 2.14. The van der Waals surface area contributed by atoms with Gasteiger partial charge in [0.15, 0.2) is 0 Å². The van der Waals surface area contributed by atoms with Crippen molar-refractivity contribution in [1.29, 1.82) is 0 Å². The minimum atomic E-state index is -4.00. The van der Waals surface area contributed by atoms with Gasteiger partial charge < -0.3 is 24.4 Å². The number of phenols is 2. The number of nitrogens with two attached hydrogens (primary N) is 2. The highest BCUT2D eigenvalue weighted by Gasteiger charge is 2.09. The Bertz CT molecular complexity index is 3520. The van der Waals surface area contributed by atoms with E-state index >= 15 is 0 Å². The molecule has 0 unspecified atom stereocenters. The second-order valence-electron chi connectivity index (χ2n) is 16.1. The molecule has 0 fully saturated rings. The van der Waals surface area contributed by atoms with Crippen LogP contribution in [0.5, 0.6) is 17.2 Å². The van der Waals surface area contributed by atoms with Crippen molar-refractivity contribution in [3.05, 3.63) is 239 Å². The Morgan fingerprint density at radius 2 is 0.772 bits per heavy atom. The van der Waals surface area contributed by atoms with Gasteiger partial charge in [-0.1, -0.05) is 157 Å². The summed E-state index contributed by atoms with van der Waals surface area (Å²) in [5, 5.41) is 57.2. The highest BCUT2D eigenvalue weighted by molar-refractivity contribution is 9.10. The highest BCUT2D eigenvalue weighted by Crippen LogP contribution is 2.25. The van der Waals surface area contributed by atoms with E-state index in [2.05, 4.69) is 147 Å². The molecule has 410 valence electrons. The summed E-state index contributed by atoms with van der Waals surface area (Å²) in [4.78, 5) is 11.7. The summed E-state index contributed by atoms with van der Waals surface area (Å²) in [6, 6.07) is 52.2. The Morgan fingerprint density at radius 1 is 0.481 bits per heavy atom. The van der Waals surface area contributed by atoms with E-state index < -0.39 is 26.7 Å². The third-order valence-electron chi connectivity index (χ3n) is 10.1. The maximum Gasteiger partial charge on any atom is 0.488 e. The number of alkyl halides is 1. The minimum Gasteiger partial charge on any atom is -0.508 e. The zero-order valence-corrected chi connectivity index (χ0v) is 48.5. The van der Waals surface area contributed by atoms with Crippen LogP contribution in [0.1, 0.15) is 22.3 Å². The van der Waals surface area contributed by atoms with Crippen LogP contribution in [0.15, 0.2) is 217 Å². The maximum atomic E-state index is 10.9. The Hall–Kier alpha value is -7.11. The standard InChI is InChI=1S/C15H14N4O3S.C15H13N3O.C9H8BrN3.C7H6Br2.C6H7BO3.ClH2NO2S/c16-23(20,21)22-15-7-5-14(6-8-15)13-3-1-12(2-4-13)9-19-11-17-10-18-19;19-15-7-5-14(6-8-15)13-3-1-12(2-4-13)9-18-11-16-10-17-18;10-9-3-1-8(2-4-9)5-13-7-11-6-12-13;8-5-6-1-3-7(9)4-2-6;8-6-3-1-5(2-4-6)7(9)10;1-5(2,3)4/h1-8,10-11H,9H2,(H2,16,20,21);1-8,10-11,19H,9H2;1-4,6-7H,5H2;1-4H,5H2;1-4,8-10H;(H2,2,3,4). The zero-order chi connectivity index (χ0) is 57.2. The van der Waals surface area contributed by atoms with E-state index in [4.69, 9.17) is 20.3 Å². The monoisotopic (exact) mass is 1320 g/mol. The number of hydrogen-bond donors (Lipinski definition) is 6.